The van der Waals surface area contributed by atoms with Crippen LogP contribution < -0.4 is 4.74 Å². The number of hydrogen-bond donors (Lipinski definition) is 0. The zero-order valence-corrected chi connectivity index (χ0v) is 15.8. The number of piperazine rings is 1. The molecule has 2 amide bonds. The minimum atomic E-state index is -0.308. The molecule has 1 fully saturated rings. The lowest BCUT2D eigenvalue weighted by Crippen LogP contribution is -2.50. The van der Waals surface area contributed by atoms with Crippen LogP contribution >= 0.6 is 0 Å². The predicted octanol–water partition coefficient (Wildman–Crippen LogP) is 3.04. The molecule has 0 saturated carbocycles. The highest BCUT2D eigenvalue weighted by Crippen LogP contribution is 2.30. The van der Waals surface area contributed by atoms with Gasteiger partial charge < -0.3 is 19.3 Å². The highest BCUT2D eigenvalue weighted by molar-refractivity contribution is 5.96. The summed E-state index contributed by atoms with van der Waals surface area (Å²) >= 11 is 0. The van der Waals surface area contributed by atoms with Crippen LogP contribution in [0.1, 0.15) is 48.2 Å². The first-order valence-corrected chi connectivity index (χ1v) is 8.78. The number of carbonyl (C=O) groups is 2. The van der Waals surface area contributed by atoms with Gasteiger partial charge in [0.2, 0.25) is 0 Å². The van der Waals surface area contributed by atoms with Crippen molar-refractivity contribution in [3.63, 3.8) is 0 Å². The lowest BCUT2D eigenvalue weighted by molar-refractivity contribution is 0.0569. The number of benzene rings is 1. The standard InChI is InChI=1S/C19H28N2O4/c1-6-25-19(23)21-9-7-20(8-10-21)18(22)16-12-15(13(2)3)17(24-5)11-14(16)4/h11-13H,6-10H2,1-5H3. The molecule has 6 nitrogen and oxygen atoms in total. The average Bonchev–Trinajstić information content (AvgIpc) is 2.60. The molecule has 0 aliphatic carbocycles. The maximum absolute atomic E-state index is 12.9. The summed E-state index contributed by atoms with van der Waals surface area (Å²) in [7, 11) is 1.65. The Morgan fingerprint density at radius 1 is 1.12 bits per heavy atom. The van der Waals surface area contributed by atoms with Gasteiger partial charge in [0.15, 0.2) is 0 Å². The van der Waals surface area contributed by atoms with Gasteiger partial charge in [-0.25, -0.2) is 4.79 Å². The van der Waals surface area contributed by atoms with E-state index < -0.39 is 0 Å². The fourth-order valence-electron chi connectivity index (χ4n) is 3.03. The number of ether oxygens (including phenoxy) is 2. The molecule has 1 saturated heterocycles. The molecule has 0 radical (unpaired) electrons. The Morgan fingerprint density at radius 2 is 1.72 bits per heavy atom. The van der Waals surface area contributed by atoms with E-state index in [-0.39, 0.29) is 17.9 Å². The van der Waals surface area contributed by atoms with E-state index in [1.165, 1.54) is 0 Å². The number of carbonyl (C=O) groups excluding carboxylic acids is 2. The first kappa shape index (κ1) is 19.1. The summed E-state index contributed by atoms with van der Waals surface area (Å²) in [6.45, 7) is 10.3. The Labute approximate surface area is 149 Å². The van der Waals surface area contributed by atoms with Crippen molar-refractivity contribution in [2.45, 2.75) is 33.6 Å². The zero-order valence-electron chi connectivity index (χ0n) is 15.8. The smallest absolute Gasteiger partial charge is 0.409 e. The van der Waals surface area contributed by atoms with Gasteiger partial charge in [0, 0.05) is 31.7 Å². The first-order chi connectivity index (χ1) is 11.9. The van der Waals surface area contributed by atoms with Crippen molar-refractivity contribution in [3.05, 3.63) is 28.8 Å². The summed E-state index contributed by atoms with van der Waals surface area (Å²) in [5.41, 5.74) is 2.63. The molecular weight excluding hydrogens is 320 g/mol. The van der Waals surface area contributed by atoms with Crippen molar-refractivity contribution >= 4 is 12.0 Å². The summed E-state index contributed by atoms with van der Waals surface area (Å²) in [6.07, 6.45) is -0.308. The van der Waals surface area contributed by atoms with Crippen molar-refractivity contribution in [2.24, 2.45) is 0 Å². The van der Waals surface area contributed by atoms with Crippen LogP contribution in [0.4, 0.5) is 4.79 Å². The van der Waals surface area contributed by atoms with Crippen molar-refractivity contribution < 1.29 is 19.1 Å². The quantitative estimate of drug-likeness (QED) is 0.839. The molecule has 0 bridgehead atoms. The Morgan fingerprint density at radius 3 is 2.24 bits per heavy atom. The topological polar surface area (TPSA) is 59.1 Å². The number of nitrogens with zero attached hydrogens (tertiary/aromatic N) is 2. The minimum absolute atomic E-state index is 0.00515. The van der Waals surface area contributed by atoms with Crippen molar-refractivity contribution in [3.8, 4) is 5.75 Å². The third-order valence-electron chi connectivity index (χ3n) is 4.52. The number of aryl methyl sites for hydroxylation is 1. The Hall–Kier alpha value is -2.24. The molecule has 1 aliphatic rings. The molecule has 0 atom stereocenters. The van der Waals surface area contributed by atoms with E-state index in [0.29, 0.717) is 38.3 Å². The molecule has 25 heavy (non-hydrogen) atoms. The number of rotatable bonds is 4. The van der Waals surface area contributed by atoms with E-state index in [0.717, 1.165) is 16.9 Å². The molecule has 138 valence electrons. The summed E-state index contributed by atoms with van der Waals surface area (Å²) in [6, 6.07) is 3.87. The van der Waals surface area contributed by atoms with Crippen LogP contribution in [0.15, 0.2) is 12.1 Å². The van der Waals surface area contributed by atoms with Crippen LogP contribution in [0.3, 0.4) is 0 Å². The van der Waals surface area contributed by atoms with Crippen molar-refractivity contribution in [1.82, 2.24) is 9.80 Å². The van der Waals surface area contributed by atoms with E-state index in [1.54, 1.807) is 23.8 Å². The maximum Gasteiger partial charge on any atom is 0.409 e. The third-order valence-corrected chi connectivity index (χ3v) is 4.52. The number of hydrogen-bond acceptors (Lipinski definition) is 4. The van der Waals surface area contributed by atoms with E-state index in [9.17, 15) is 9.59 Å². The molecule has 1 aliphatic heterocycles. The Balaban J connectivity index is 2.14. The van der Waals surface area contributed by atoms with Gasteiger partial charge >= 0.3 is 6.09 Å². The molecule has 0 spiro atoms. The SMILES string of the molecule is CCOC(=O)N1CCN(C(=O)c2cc(C(C)C)c(OC)cc2C)CC1. The van der Waals surface area contributed by atoms with Crippen LogP contribution in [0.2, 0.25) is 0 Å². The summed E-state index contributed by atoms with van der Waals surface area (Å²) in [4.78, 5) is 28.2. The van der Waals surface area contributed by atoms with Crippen molar-refractivity contribution in [1.29, 1.82) is 0 Å². The lowest BCUT2D eigenvalue weighted by atomic mass is 9.95. The van der Waals surface area contributed by atoms with Crippen LogP contribution in [-0.2, 0) is 4.74 Å². The number of amides is 2. The molecule has 0 N–H and O–H groups in total. The minimum Gasteiger partial charge on any atom is -0.496 e. The maximum atomic E-state index is 12.9. The first-order valence-electron chi connectivity index (χ1n) is 8.78. The van der Waals surface area contributed by atoms with Gasteiger partial charge in [-0.2, -0.15) is 0 Å². The van der Waals surface area contributed by atoms with Crippen molar-refractivity contribution in [2.75, 3.05) is 39.9 Å². The van der Waals surface area contributed by atoms with E-state index in [4.69, 9.17) is 9.47 Å². The monoisotopic (exact) mass is 348 g/mol. The molecular formula is C19H28N2O4. The second kappa shape index (κ2) is 8.23. The second-order valence-electron chi connectivity index (χ2n) is 6.54. The Bertz CT molecular complexity index is 635. The summed E-state index contributed by atoms with van der Waals surface area (Å²) < 4.78 is 10.5. The van der Waals surface area contributed by atoms with Gasteiger partial charge in [-0.15, -0.1) is 0 Å². The van der Waals surface area contributed by atoms with E-state index in [1.807, 2.05) is 19.1 Å². The van der Waals surface area contributed by atoms with E-state index in [2.05, 4.69) is 13.8 Å². The molecule has 1 heterocycles. The van der Waals surface area contributed by atoms with Gasteiger partial charge in [0.25, 0.3) is 5.91 Å². The molecule has 0 aromatic heterocycles. The third kappa shape index (κ3) is 4.24. The van der Waals surface area contributed by atoms with Crippen LogP contribution in [0.5, 0.6) is 5.75 Å². The molecule has 2 rings (SSSR count). The summed E-state index contributed by atoms with van der Waals surface area (Å²) in [5, 5.41) is 0. The highest BCUT2D eigenvalue weighted by atomic mass is 16.6. The molecule has 6 heteroatoms. The lowest BCUT2D eigenvalue weighted by Gasteiger charge is -2.34. The van der Waals surface area contributed by atoms with Crippen LogP contribution in [0.25, 0.3) is 0 Å². The zero-order chi connectivity index (χ0) is 18.6. The largest absolute Gasteiger partial charge is 0.496 e. The van der Waals surface area contributed by atoms with E-state index >= 15 is 0 Å². The fourth-order valence-corrected chi connectivity index (χ4v) is 3.03. The Kier molecular flexibility index (Phi) is 6.28. The molecule has 1 aromatic carbocycles. The van der Waals surface area contributed by atoms with Gasteiger partial charge in [-0.1, -0.05) is 13.8 Å². The van der Waals surface area contributed by atoms with Crippen LogP contribution in [-0.4, -0.2) is 61.7 Å². The predicted molar refractivity (Wildman–Crippen MR) is 96.3 cm³/mol. The van der Waals surface area contributed by atoms with Gasteiger partial charge in [0.1, 0.15) is 5.75 Å². The van der Waals surface area contributed by atoms with Crippen LogP contribution in [0, 0.1) is 6.92 Å². The summed E-state index contributed by atoms with van der Waals surface area (Å²) in [5.74, 6) is 1.09. The normalized spacial score (nSPS) is 14.6. The van der Waals surface area contributed by atoms with Gasteiger partial charge in [-0.05, 0) is 43.0 Å². The second-order valence-corrected chi connectivity index (χ2v) is 6.54. The fraction of sp³-hybridized carbons (Fsp3) is 0.579. The average molecular weight is 348 g/mol. The van der Waals surface area contributed by atoms with Gasteiger partial charge in [0.05, 0.1) is 13.7 Å². The van der Waals surface area contributed by atoms with Gasteiger partial charge in [-0.3, -0.25) is 4.79 Å². The highest BCUT2D eigenvalue weighted by Gasteiger charge is 2.27. The molecule has 1 aromatic rings. The molecule has 0 unspecified atom stereocenters. The number of methoxy groups -OCH3 is 1.